The molecule has 2 N–H and O–H groups in total. The van der Waals surface area contributed by atoms with Crippen LogP contribution in [0.2, 0.25) is 0 Å². The minimum atomic E-state index is -3.62. The first-order valence-electron chi connectivity index (χ1n) is 8.10. The largest absolute Gasteiger partial charge is 0.508 e. The Morgan fingerprint density at radius 2 is 1.92 bits per heavy atom. The number of hydrogen-bond acceptors (Lipinski definition) is 4. The number of sulfonamides is 1. The smallest absolute Gasteiger partial charge is 0.240 e. The first-order valence-corrected chi connectivity index (χ1v) is 9.59. The van der Waals surface area contributed by atoms with Crippen molar-refractivity contribution >= 4 is 10.0 Å². The second kappa shape index (κ2) is 7.34. The molecule has 3 rings (SSSR count). The standard InChI is InChI=1S/C18H22N2O3S/c21-17-9-4-10-18(12-17)24(22,23)19-16-8-5-11-20(14-16)13-15-6-2-1-3-7-15/h1-4,6-7,9-10,12,16,19,21H,5,8,11,13-14H2. The third-order valence-corrected chi connectivity index (χ3v) is 5.72. The van der Waals surface area contributed by atoms with Crippen molar-refractivity contribution in [1.82, 2.24) is 9.62 Å². The van der Waals surface area contributed by atoms with Gasteiger partial charge in [-0.2, -0.15) is 0 Å². The first-order chi connectivity index (χ1) is 11.5. The van der Waals surface area contributed by atoms with Crippen molar-refractivity contribution in [2.75, 3.05) is 13.1 Å². The van der Waals surface area contributed by atoms with Gasteiger partial charge >= 0.3 is 0 Å². The molecule has 0 amide bonds. The van der Waals surface area contributed by atoms with E-state index in [-0.39, 0.29) is 16.7 Å². The SMILES string of the molecule is O=S(=O)(NC1CCCN(Cc2ccccc2)C1)c1cccc(O)c1. The topological polar surface area (TPSA) is 69.6 Å². The quantitative estimate of drug-likeness (QED) is 0.872. The van der Waals surface area contributed by atoms with Crippen LogP contribution in [0.3, 0.4) is 0 Å². The lowest BCUT2D eigenvalue weighted by Crippen LogP contribution is -2.47. The molecule has 1 saturated heterocycles. The molecule has 24 heavy (non-hydrogen) atoms. The van der Waals surface area contributed by atoms with Crippen LogP contribution in [0, 0.1) is 0 Å². The second-order valence-electron chi connectivity index (χ2n) is 6.18. The molecular formula is C18H22N2O3S. The fourth-order valence-electron chi connectivity index (χ4n) is 3.08. The summed E-state index contributed by atoms with van der Waals surface area (Å²) < 4.78 is 27.7. The van der Waals surface area contributed by atoms with Crippen molar-refractivity contribution in [3.8, 4) is 5.75 Å². The number of aromatic hydroxyl groups is 1. The number of nitrogens with zero attached hydrogens (tertiary/aromatic N) is 1. The van der Waals surface area contributed by atoms with Gasteiger partial charge in [-0.15, -0.1) is 0 Å². The monoisotopic (exact) mass is 346 g/mol. The van der Waals surface area contributed by atoms with E-state index in [2.05, 4.69) is 21.8 Å². The van der Waals surface area contributed by atoms with Crippen molar-refractivity contribution in [3.63, 3.8) is 0 Å². The Balaban J connectivity index is 1.64. The van der Waals surface area contributed by atoms with Crippen molar-refractivity contribution < 1.29 is 13.5 Å². The van der Waals surface area contributed by atoms with E-state index >= 15 is 0 Å². The molecule has 0 aromatic heterocycles. The van der Waals surface area contributed by atoms with Gasteiger partial charge in [0.2, 0.25) is 10.0 Å². The Hall–Kier alpha value is -1.89. The zero-order valence-electron chi connectivity index (χ0n) is 13.4. The Bertz CT molecular complexity index is 778. The molecule has 2 aromatic carbocycles. The third kappa shape index (κ3) is 4.35. The molecule has 0 aliphatic carbocycles. The van der Waals surface area contributed by atoms with E-state index in [0.29, 0.717) is 6.54 Å². The van der Waals surface area contributed by atoms with Gasteiger partial charge < -0.3 is 5.11 Å². The molecule has 1 atom stereocenters. The van der Waals surface area contributed by atoms with Crippen molar-refractivity contribution in [2.24, 2.45) is 0 Å². The normalized spacial score (nSPS) is 19.2. The maximum atomic E-state index is 12.5. The minimum Gasteiger partial charge on any atom is -0.508 e. The zero-order valence-corrected chi connectivity index (χ0v) is 14.2. The molecule has 1 unspecified atom stereocenters. The molecule has 6 heteroatoms. The fourth-order valence-corrected chi connectivity index (χ4v) is 4.38. The number of phenols is 1. The van der Waals surface area contributed by atoms with E-state index in [4.69, 9.17) is 0 Å². The molecule has 2 aromatic rings. The van der Waals surface area contributed by atoms with Gasteiger partial charge in [0.25, 0.3) is 0 Å². The van der Waals surface area contributed by atoms with Crippen LogP contribution < -0.4 is 4.72 Å². The molecule has 1 fully saturated rings. The van der Waals surface area contributed by atoms with E-state index in [0.717, 1.165) is 25.9 Å². The van der Waals surface area contributed by atoms with Crippen LogP contribution in [-0.4, -0.2) is 37.6 Å². The number of piperidine rings is 1. The van der Waals surface area contributed by atoms with Gasteiger partial charge in [-0.05, 0) is 43.1 Å². The van der Waals surface area contributed by atoms with Gasteiger partial charge in [0, 0.05) is 19.1 Å². The molecule has 0 saturated carbocycles. The Labute approximate surface area is 143 Å². The second-order valence-corrected chi connectivity index (χ2v) is 7.89. The van der Waals surface area contributed by atoms with Gasteiger partial charge in [-0.3, -0.25) is 4.90 Å². The van der Waals surface area contributed by atoms with Gasteiger partial charge in [0.05, 0.1) is 4.90 Å². The summed E-state index contributed by atoms with van der Waals surface area (Å²) in [5.41, 5.74) is 1.23. The molecule has 0 radical (unpaired) electrons. The highest BCUT2D eigenvalue weighted by Crippen LogP contribution is 2.19. The number of likely N-dealkylation sites (tertiary alicyclic amines) is 1. The summed E-state index contributed by atoms with van der Waals surface area (Å²) in [6.45, 7) is 2.48. The highest BCUT2D eigenvalue weighted by Gasteiger charge is 2.25. The molecule has 1 aliphatic heterocycles. The minimum absolute atomic E-state index is 0.0489. The Kier molecular flexibility index (Phi) is 5.18. The van der Waals surface area contributed by atoms with Crippen molar-refractivity contribution in [1.29, 1.82) is 0 Å². The lowest BCUT2D eigenvalue weighted by molar-refractivity contribution is 0.194. The van der Waals surface area contributed by atoms with Crippen LogP contribution in [-0.2, 0) is 16.6 Å². The van der Waals surface area contributed by atoms with E-state index < -0.39 is 10.0 Å². The van der Waals surface area contributed by atoms with Crippen molar-refractivity contribution in [3.05, 3.63) is 60.2 Å². The summed E-state index contributed by atoms with van der Waals surface area (Å²) in [4.78, 5) is 2.37. The van der Waals surface area contributed by atoms with Crippen LogP contribution in [0.15, 0.2) is 59.5 Å². The van der Waals surface area contributed by atoms with Crippen LogP contribution >= 0.6 is 0 Å². The molecule has 1 heterocycles. The van der Waals surface area contributed by atoms with Crippen LogP contribution in [0.1, 0.15) is 18.4 Å². The number of hydrogen-bond donors (Lipinski definition) is 2. The zero-order chi connectivity index (χ0) is 17.0. The highest BCUT2D eigenvalue weighted by molar-refractivity contribution is 7.89. The summed E-state index contributed by atoms with van der Waals surface area (Å²) in [6.07, 6.45) is 1.78. The van der Waals surface area contributed by atoms with Gasteiger partial charge in [0.15, 0.2) is 0 Å². The van der Waals surface area contributed by atoms with E-state index in [1.165, 1.54) is 29.8 Å². The molecule has 0 bridgehead atoms. The van der Waals surface area contributed by atoms with Gasteiger partial charge in [-0.25, -0.2) is 13.1 Å². The van der Waals surface area contributed by atoms with Gasteiger partial charge in [-0.1, -0.05) is 36.4 Å². The molecule has 128 valence electrons. The maximum Gasteiger partial charge on any atom is 0.240 e. The molecule has 0 spiro atoms. The average molecular weight is 346 g/mol. The number of nitrogens with one attached hydrogen (secondary N) is 1. The number of rotatable bonds is 5. The van der Waals surface area contributed by atoms with E-state index in [1.807, 2.05) is 18.2 Å². The first kappa shape index (κ1) is 17.0. The fraction of sp³-hybridized carbons (Fsp3) is 0.333. The number of benzene rings is 2. The predicted molar refractivity (Wildman–Crippen MR) is 93.2 cm³/mol. The van der Waals surface area contributed by atoms with Crippen LogP contribution in [0.25, 0.3) is 0 Å². The summed E-state index contributed by atoms with van der Waals surface area (Å²) in [7, 11) is -3.62. The Morgan fingerprint density at radius 1 is 1.12 bits per heavy atom. The summed E-state index contributed by atoms with van der Waals surface area (Å²) in [5.74, 6) is -0.0489. The van der Waals surface area contributed by atoms with Gasteiger partial charge in [0.1, 0.15) is 5.75 Å². The van der Waals surface area contributed by atoms with Crippen LogP contribution in [0.5, 0.6) is 5.75 Å². The predicted octanol–water partition coefficient (Wildman–Crippen LogP) is 2.34. The van der Waals surface area contributed by atoms with Crippen molar-refractivity contribution in [2.45, 2.75) is 30.3 Å². The molecule has 5 nitrogen and oxygen atoms in total. The summed E-state index contributed by atoms with van der Waals surface area (Å²) >= 11 is 0. The maximum absolute atomic E-state index is 12.5. The Morgan fingerprint density at radius 3 is 2.67 bits per heavy atom. The lowest BCUT2D eigenvalue weighted by atomic mass is 10.1. The number of phenolic OH excluding ortho intramolecular Hbond substituents is 1. The average Bonchev–Trinajstić information content (AvgIpc) is 2.56. The van der Waals surface area contributed by atoms with E-state index in [9.17, 15) is 13.5 Å². The summed E-state index contributed by atoms with van der Waals surface area (Å²) in [6, 6.07) is 15.8. The van der Waals surface area contributed by atoms with E-state index in [1.54, 1.807) is 0 Å². The summed E-state index contributed by atoms with van der Waals surface area (Å²) in [5, 5.41) is 9.49. The van der Waals surface area contributed by atoms with Crippen LogP contribution in [0.4, 0.5) is 0 Å². The third-order valence-electron chi connectivity index (χ3n) is 4.20. The molecular weight excluding hydrogens is 324 g/mol. The molecule has 1 aliphatic rings. The lowest BCUT2D eigenvalue weighted by Gasteiger charge is -2.33. The highest BCUT2D eigenvalue weighted by atomic mass is 32.2.